The molecule has 1 N–H and O–H groups in total. The number of hydrogen-bond donors (Lipinski definition) is 1. The number of halogens is 2. The molecule has 104 valence electrons. The molecular weight excluding hydrogens is 295 g/mol. The summed E-state index contributed by atoms with van der Waals surface area (Å²) < 4.78 is 0. The summed E-state index contributed by atoms with van der Waals surface area (Å²) in [5.41, 5.74) is 1.73. The molecule has 0 fully saturated rings. The second kappa shape index (κ2) is 6.78. The largest absolute Gasteiger partial charge is 0.481 e. The molecule has 0 aliphatic heterocycles. The Morgan fingerprint density at radius 2 is 1.80 bits per heavy atom. The molecule has 2 nitrogen and oxygen atoms in total. The Balaban J connectivity index is 2.17. The van der Waals surface area contributed by atoms with Crippen LogP contribution >= 0.6 is 23.2 Å². The number of benzene rings is 2. The smallest absolute Gasteiger partial charge is 0.311 e. The van der Waals surface area contributed by atoms with Crippen molar-refractivity contribution in [2.45, 2.75) is 18.8 Å². The first-order valence-electron chi connectivity index (χ1n) is 6.29. The van der Waals surface area contributed by atoms with Crippen LogP contribution in [0, 0.1) is 0 Å². The highest BCUT2D eigenvalue weighted by Crippen LogP contribution is 2.30. The lowest BCUT2D eigenvalue weighted by Crippen LogP contribution is -2.13. The zero-order valence-electron chi connectivity index (χ0n) is 10.7. The molecule has 0 saturated heterocycles. The van der Waals surface area contributed by atoms with E-state index in [4.69, 9.17) is 23.2 Å². The molecular formula is C16H14Cl2O2. The van der Waals surface area contributed by atoms with E-state index >= 15 is 0 Å². The van der Waals surface area contributed by atoms with E-state index in [9.17, 15) is 9.90 Å². The van der Waals surface area contributed by atoms with Crippen molar-refractivity contribution < 1.29 is 9.90 Å². The van der Waals surface area contributed by atoms with Crippen LogP contribution < -0.4 is 0 Å². The van der Waals surface area contributed by atoms with E-state index < -0.39 is 11.9 Å². The Labute approximate surface area is 128 Å². The van der Waals surface area contributed by atoms with Crippen molar-refractivity contribution in [2.24, 2.45) is 0 Å². The first kappa shape index (κ1) is 14.9. The monoisotopic (exact) mass is 308 g/mol. The predicted molar refractivity (Wildman–Crippen MR) is 81.6 cm³/mol. The van der Waals surface area contributed by atoms with Crippen LogP contribution in [0.25, 0.3) is 0 Å². The molecule has 0 aliphatic carbocycles. The van der Waals surface area contributed by atoms with E-state index in [-0.39, 0.29) is 0 Å². The van der Waals surface area contributed by atoms with Crippen molar-refractivity contribution in [3.63, 3.8) is 0 Å². The topological polar surface area (TPSA) is 37.3 Å². The number of carboxylic acids is 1. The zero-order chi connectivity index (χ0) is 14.5. The van der Waals surface area contributed by atoms with Gasteiger partial charge in [-0.25, -0.2) is 0 Å². The molecule has 20 heavy (non-hydrogen) atoms. The summed E-state index contributed by atoms with van der Waals surface area (Å²) in [5, 5.41) is 10.3. The molecule has 0 aliphatic rings. The van der Waals surface area contributed by atoms with Crippen molar-refractivity contribution in [3.05, 3.63) is 69.7 Å². The van der Waals surface area contributed by atoms with Crippen molar-refractivity contribution >= 4 is 29.2 Å². The summed E-state index contributed by atoms with van der Waals surface area (Å²) in [6.45, 7) is 0. The molecule has 0 radical (unpaired) electrons. The van der Waals surface area contributed by atoms with Gasteiger partial charge in [-0.1, -0.05) is 59.6 Å². The molecule has 0 bridgehead atoms. The Hall–Kier alpha value is -1.51. The van der Waals surface area contributed by atoms with Crippen molar-refractivity contribution in [2.75, 3.05) is 0 Å². The third kappa shape index (κ3) is 3.75. The molecule has 0 aromatic heterocycles. The highest BCUT2D eigenvalue weighted by Gasteiger charge is 2.22. The fraction of sp³-hybridized carbons (Fsp3) is 0.188. The first-order chi connectivity index (χ1) is 9.58. The zero-order valence-corrected chi connectivity index (χ0v) is 12.2. The van der Waals surface area contributed by atoms with Crippen molar-refractivity contribution in [3.8, 4) is 0 Å². The Morgan fingerprint density at radius 1 is 1.10 bits per heavy atom. The summed E-state index contributed by atoms with van der Waals surface area (Å²) in [4.78, 5) is 11.5. The summed E-state index contributed by atoms with van der Waals surface area (Å²) in [6.07, 6.45) is 1.19. The molecule has 0 amide bonds. The third-order valence-electron chi connectivity index (χ3n) is 3.20. The lowest BCUT2D eigenvalue weighted by Gasteiger charge is -2.14. The maximum atomic E-state index is 11.5. The van der Waals surface area contributed by atoms with Gasteiger partial charge in [-0.05, 0) is 36.1 Å². The minimum absolute atomic E-state index is 0.401. The molecule has 4 heteroatoms. The van der Waals surface area contributed by atoms with Crippen LogP contribution in [0.3, 0.4) is 0 Å². The minimum Gasteiger partial charge on any atom is -0.481 e. The van der Waals surface area contributed by atoms with Crippen LogP contribution in [0.2, 0.25) is 10.0 Å². The van der Waals surface area contributed by atoms with Gasteiger partial charge >= 0.3 is 5.97 Å². The molecule has 0 heterocycles. The Bertz CT molecular complexity index is 597. The van der Waals surface area contributed by atoms with Gasteiger partial charge in [-0.3, -0.25) is 4.79 Å². The van der Waals surface area contributed by atoms with Gasteiger partial charge in [0.1, 0.15) is 0 Å². The quantitative estimate of drug-likeness (QED) is 0.862. The van der Waals surface area contributed by atoms with Crippen LogP contribution in [-0.4, -0.2) is 11.1 Å². The van der Waals surface area contributed by atoms with Crippen molar-refractivity contribution in [1.29, 1.82) is 0 Å². The lowest BCUT2D eigenvalue weighted by molar-refractivity contribution is -0.138. The number of aliphatic carboxylic acids is 1. The van der Waals surface area contributed by atoms with Gasteiger partial charge in [-0.2, -0.15) is 0 Å². The summed E-state index contributed by atoms with van der Waals surface area (Å²) >= 11 is 11.9. The van der Waals surface area contributed by atoms with Gasteiger partial charge in [0.2, 0.25) is 0 Å². The third-order valence-corrected chi connectivity index (χ3v) is 3.76. The number of carboxylic acid groups (broad SMARTS) is 1. The fourth-order valence-corrected chi connectivity index (χ4v) is 2.69. The molecule has 1 unspecified atom stereocenters. The highest BCUT2D eigenvalue weighted by atomic mass is 35.5. The van der Waals surface area contributed by atoms with E-state index in [0.29, 0.717) is 28.5 Å². The molecule has 2 aromatic rings. The number of aryl methyl sites for hydroxylation is 1. The molecule has 2 aromatic carbocycles. The summed E-state index contributed by atoms with van der Waals surface area (Å²) in [5.74, 6) is -1.50. The predicted octanol–water partition coefficient (Wildman–Crippen LogP) is 4.79. The summed E-state index contributed by atoms with van der Waals surface area (Å²) in [7, 11) is 0. The molecule has 1 atom stereocenters. The number of rotatable bonds is 5. The molecule has 2 rings (SSSR count). The Morgan fingerprint density at radius 3 is 2.40 bits per heavy atom. The number of carbonyl (C=O) groups is 1. The van der Waals surface area contributed by atoms with Crippen LogP contribution in [0.4, 0.5) is 0 Å². The minimum atomic E-state index is -0.870. The second-order valence-electron chi connectivity index (χ2n) is 4.58. The van der Waals surface area contributed by atoms with Crippen LogP contribution in [-0.2, 0) is 11.2 Å². The van der Waals surface area contributed by atoms with Gasteiger partial charge in [0, 0.05) is 10.0 Å². The average Bonchev–Trinajstić information content (AvgIpc) is 2.42. The van der Waals surface area contributed by atoms with E-state index in [1.54, 1.807) is 18.2 Å². The Kier molecular flexibility index (Phi) is 5.05. The first-order valence-corrected chi connectivity index (χ1v) is 7.05. The molecule has 0 spiro atoms. The van der Waals surface area contributed by atoms with Crippen molar-refractivity contribution in [1.82, 2.24) is 0 Å². The van der Waals surface area contributed by atoms with E-state index in [0.717, 1.165) is 5.56 Å². The maximum Gasteiger partial charge on any atom is 0.311 e. The van der Waals surface area contributed by atoms with Crippen LogP contribution in [0.1, 0.15) is 23.5 Å². The van der Waals surface area contributed by atoms with Gasteiger partial charge in [0.15, 0.2) is 0 Å². The number of hydrogen-bond acceptors (Lipinski definition) is 1. The fourth-order valence-electron chi connectivity index (χ4n) is 2.15. The SMILES string of the molecule is O=C(O)C(CCc1ccccc1)c1ccc(Cl)cc1Cl. The van der Waals surface area contributed by atoms with Crippen LogP contribution in [0.15, 0.2) is 48.5 Å². The van der Waals surface area contributed by atoms with Gasteiger partial charge in [-0.15, -0.1) is 0 Å². The highest BCUT2D eigenvalue weighted by molar-refractivity contribution is 6.35. The van der Waals surface area contributed by atoms with Gasteiger partial charge < -0.3 is 5.11 Å². The lowest BCUT2D eigenvalue weighted by atomic mass is 9.92. The van der Waals surface area contributed by atoms with Crippen LogP contribution in [0.5, 0.6) is 0 Å². The standard InChI is InChI=1S/C16H14Cl2O2/c17-12-7-9-13(15(18)10-12)14(16(19)20)8-6-11-4-2-1-3-5-11/h1-5,7,9-10,14H,6,8H2,(H,19,20). The van der Waals surface area contributed by atoms with E-state index in [2.05, 4.69) is 0 Å². The van der Waals surface area contributed by atoms with E-state index in [1.807, 2.05) is 30.3 Å². The maximum absolute atomic E-state index is 11.5. The second-order valence-corrected chi connectivity index (χ2v) is 5.42. The van der Waals surface area contributed by atoms with Gasteiger partial charge in [0.25, 0.3) is 0 Å². The summed E-state index contributed by atoms with van der Waals surface area (Å²) in [6, 6.07) is 14.7. The molecule has 0 saturated carbocycles. The van der Waals surface area contributed by atoms with E-state index in [1.165, 1.54) is 0 Å². The average molecular weight is 309 g/mol. The van der Waals surface area contributed by atoms with Gasteiger partial charge in [0.05, 0.1) is 5.92 Å². The normalized spacial score (nSPS) is 12.1.